The van der Waals surface area contributed by atoms with Crippen LogP contribution in [0, 0.1) is 0 Å². The van der Waals surface area contributed by atoms with Crippen molar-refractivity contribution >= 4 is 10.1 Å². The molecule has 0 rings (SSSR count). The Balaban J connectivity index is 3.69. The van der Waals surface area contributed by atoms with E-state index in [-0.39, 0.29) is 18.6 Å². The van der Waals surface area contributed by atoms with Crippen LogP contribution in [0.2, 0.25) is 0 Å². The highest BCUT2D eigenvalue weighted by Gasteiger charge is 2.53. The second-order valence-corrected chi connectivity index (χ2v) is 6.77. The lowest BCUT2D eigenvalue weighted by Crippen LogP contribution is -2.48. The second kappa shape index (κ2) is 9.67. The van der Waals surface area contributed by atoms with E-state index in [0.29, 0.717) is 38.5 Å². The summed E-state index contributed by atoms with van der Waals surface area (Å²) in [6, 6.07) is 0. The third-order valence-corrected chi connectivity index (χ3v) is 3.95. The SMILES string of the molecule is O=S(=O)(O)CCCCCCCCCCN(C(F)(F)F)C(F)(F)F. The summed E-state index contributed by atoms with van der Waals surface area (Å²) >= 11 is 0. The molecule has 11 heteroatoms. The summed E-state index contributed by atoms with van der Waals surface area (Å²) < 4.78 is 102. The minimum absolute atomic E-state index is 0.207. The molecule has 0 atom stereocenters. The fourth-order valence-electron chi connectivity index (χ4n) is 2.01. The Hall–Kier alpha value is -0.550. The quantitative estimate of drug-likeness (QED) is 0.253. The predicted octanol–water partition coefficient (Wildman–Crippen LogP) is 4.34. The van der Waals surface area contributed by atoms with Crippen LogP contribution in [0.4, 0.5) is 26.3 Å². The molecule has 4 nitrogen and oxygen atoms in total. The molecular weight excluding hydrogens is 352 g/mol. The first-order chi connectivity index (χ1) is 10.3. The van der Waals surface area contributed by atoms with Crippen molar-refractivity contribution in [3.05, 3.63) is 0 Å². The smallest absolute Gasteiger partial charge is 0.286 e. The molecule has 0 radical (unpaired) electrons. The van der Waals surface area contributed by atoms with Crippen LogP contribution in [0.25, 0.3) is 0 Å². The molecule has 0 saturated heterocycles. The third kappa shape index (κ3) is 12.5. The summed E-state index contributed by atoms with van der Waals surface area (Å²) in [7, 11) is -3.95. The van der Waals surface area contributed by atoms with Crippen LogP contribution in [-0.2, 0) is 10.1 Å². The molecule has 0 amide bonds. The van der Waals surface area contributed by atoms with Gasteiger partial charge in [0.2, 0.25) is 0 Å². The lowest BCUT2D eigenvalue weighted by atomic mass is 10.1. The standard InChI is InChI=1S/C12H21F6NO3S/c13-11(14,15)19(12(16,17)18)9-7-5-3-1-2-4-6-8-10-23(20,21)22/h1-10H2,(H,20,21,22). The maximum atomic E-state index is 12.2. The molecule has 0 aliphatic heterocycles. The summed E-state index contributed by atoms with van der Waals surface area (Å²) in [6.07, 6.45) is -7.29. The summed E-state index contributed by atoms with van der Waals surface area (Å²) in [5.74, 6) is -0.308. The van der Waals surface area contributed by atoms with E-state index in [1.165, 1.54) is 0 Å². The molecule has 0 heterocycles. The van der Waals surface area contributed by atoms with E-state index >= 15 is 0 Å². The molecule has 0 aromatic carbocycles. The average Bonchev–Trinajstić information content (AvgIpc) is 2.31. The van der Waals surface area contributed by atoms with Crippen molar-refractivity contribution in [1.29, 1.82) is 0 Å². The van der Waals surface area contributed by atoms with E-state index < -0.39 is 34.2 Å². The fraction of sp³-hybridized carbons (Fsp3) is 1.00. The number of nitrogens with zero attached hydrogens (tertiary/aromatic N) is 1. The number of alkyl halides is 6. The molecule has 0 aliphatic rings. The molecule has 0 spiro atoms. The van der Waals surface area contributed by atoms with Crippen LogP contribution >= 0.6 is 0 Å². The fourth-order valence-corrected chi connectivity index (χ4v) is 2.58. The zero-order chi connectivity index (χ0) is 18.1. The van der Waals surface area contributed by atoms with Gasteiger partial charge in [-0.25, -0.2) is 0 Å². The molecule has 140 valence electrons. The van der Waals surface area contributed by atoms with Crippen molar-refractivity contribution in [2.24, 2.45) is 0 Å². The van der Waals surface area contributed by atoms with E-state index in [4.69, 9.17) is 4.55 Å². The Bertz CT molecular complexity index is 407. The lowest BCUT2D eigenvalue weighted by molar-refractivity contribution is -0.372. The first kappa shape index (κ1) is 22.4. The minimum Gasteiger partial charge on any atom is -0.286 e. The molecule has 0 aliphatic carbocycles. The van der Waals surface area contributed by atoms with Gasteiger partial charge >= 0.3 is 12.6 Å². The first-order valence-corrected chi connectivity index (χ1v) is 8.81. The molecule has 0 aromatic heterocycles. The maximum absolute atomic E-state index is 12.2. The van der Waals surface area contributed by atoms with Crippen LogP contribution in [0.5, 0.6) is 0 Å². The van der Waals surface area contributed by atoms with Gasteiger partial charge in [-0.3, -0.25) is 4.55 Å². The maximum Gasteiger partial charge on any atom is 0.467 e. The van der Waals surface area contributed by atoms with E-state index in [2.05, 4.69) is 0 Å². The third-order valence-electron chi connectivity index (χ3n) is 3.15. The molecule has 23 heavy (non-hydrogen) atoms. The van der Waals surface area contributed by atoms with Gasteiger partial charge in [0.25, 0.3) is 10.1 Å². The summed E-state index contributed by atoms with van der Waals surface area (Å²) in [4.78, 5) is -1.42. The highest BCUT2D eigenvalue weighted by atomic mass is 32.2. The minimum atomic E-state index is -5.43. The normalized spacial score (nSPS) is 13.7. The van der Waals surface area contributed by atoms with Gasteiger partial charge in [-0.05, 0) is 12.8 Å². The Morgan fingerprint density at radius 3 is 1.39 bits per heavy atom. The van der Waals surface area contributed by atoms with Gasteiger partial charge in [0, 0.05) is 6.54 Å². The van der Waals surface area contributed by atoms with Gasteiger partial charge in [0.05, 0.1) is 5.75 Å². The van der Waals surface area contributed by atoms with Crippen molar-refractivity contribution in [2.75, 3.05) is 12.3 Å². The van der Waals surface area contributed by atoms with E-state index in [1.807, 2.05) is 0 Å². The van der Waals surface area contributed by atoms with Crippen molar-refractivity contribution in [2.45, 2.75) is 64.0 Å². The second-order valence-electron chi connectivity index (χ2n) is 5.20. The van der Waals surface area contributed by atoms with Crippen LogP contribution in [0.3, 0.4) is 0 Å². The Kier molecular flexibility index (Phi) is 9.44. The Labute approximate surface area is 131 Å². The van der Waals surface area contributed by atoms with Gasteiger partial charge in [-0.2, -0.15) is 34.8 Å². The monoisotopic (exact) mass is 373 g/mol. The number of unbranched alkanes of at least 4 members (excludes halogenated alkanes) is 7. The topological polar surface area (TPSA) is 57.6 Å². The molecule has 0 saturated carbocycles. The molecular formula is C12H21F6NO3S. The number of rotatable bonds is 11. The van der Waals surface area contributed by atoms with Crippen molar-refractivity contribution in [3.63, 3.8) is 0 Å². The van der Waals surface area contributed by atoms with E-state index in [0.717, 1.165) is 0 Å². The van der Waals surface area contributed by atoms with Crippen LogP contribution in [-0.4, -0.2) is 42.8 Å². The largest absolute Gasteiger partial charge is 0.467 e. The average molecular weight is 373 g/mol. The molecule has 0 fully saturated rings. The first-order valence-electron chi connectivity index (χ1n) is 7.20. The van der Waals surface area contributed by atoms with Gasteiger partial charge in [0.15, 0.2) is 0 Å². The van der Waals surface area contributed by atoms with Crippen LogP contribution in [0.15, 0.2) is 0 Å². The highest BCUT2D eigenvalue weighted by molar-refractivity contribution is 7.85. The summed E-state index contributed by atoms with van der Waals surface area (Å²) in [6.45, 7) is -1.11. The molecule has 0 aromatic rings. The van der Waals surface area contributed by atoms with E-state index in [9.17, 15) is 34.8 Å². The highest BCUT2D eigenvalue weighted by Crippen LogP contribution is 2.33. The predicted molar refractivity (Wildman–Crippen MR) is 72.2 cm³/mol. The zero-order valence-electron chi connectivity index (χ0n) is 12.5. The van der Waals surface area contributed by atoms with Gasteiger partial charge in [-0.1, -0.05) is 38.5 Å². The van der Waals surface area contributed by atoms with Gasteiger partial charge in [-0.15, -0.1) is 4.90 Å². The van der Waals surface area contributed by atoms with Gasteiger partial charge < -0.3 is 0 Å². The summed E-state index contributed by atoms with van der Waals surface area (Å²) in [5, 5.41) is 0. The van der Waals surface area contributed by atoms with Crippen LogP contribution < -0.4 is 0 Å². The Morgan fingerprint density at radius 1 is 0.696 bits per heavy atom. The molecule has 0 unspecified atom stereocenters. The summed E-state index contributed by atoms with van der Waals surface area (Å²) in [5.41, 5.74) is 0. The number of hydrogen-bond acceptors (Lipinski definition) is 3. The van der Waals surface area contributed by atoms with Crippen molar-refractivity contribution in [1.82, 2.24) is 4.90 Å². The lowest BCUT2D eigenvalue weighted by Gasteiger charge is -2.26. The van der Waals surface area contributed by atoms with Gasteiger partial charge in [0.1, 0.15) is 0 Å². The van der Waals surface area contributed by atoms with Crippen molar-refractivity contribution in [3.8, 4) is 0 Å². The molecule has 0 bridgehead atoms. The number of hydrogen-bond donors (Lipinski definition) is 1. The zero-order valence-corrected chi connectivity index (χ0v) is 13.3. The van der Waals surface area contributed by atoms with E-state index in [1.54, 1.807) is 0 Å². The van der Waals surface area contributed by atoms with Crippen molar-refractivity contribution < 1.29 is 39.3 Å². The van der Waals surface area contributed by atoms with Crippen LogP contribution in [0.1, 0.15) is 51.4 Å². The molecule has 1 N–H and O–H groups in total. The Morgan fingerprint density at radius 2 is 1.04 bits per heavy atom. The number of halogens is 6.